The molecule has 0 unspecified atom stereocenters. The van der Waals surface area contributed by atoms with Gasteiger partial charge in [0.1, 0.15) is 46.2 Å². The lowest BCUT2D eigenvalue weighted by Gasteiger charge is -2.19. The zero-order chi connectivity index (χ0) is 49.1. The van der Waals surface area contributed by atoms with Gasteiger partial charge in [0.2, 0.25) is 0 Å². The van der Waals surface area contributed by atoms with Gasteiger partial charge >= 0.3 is 6.09 Å². The Morgan fingerprint density at radius 3 is 1.62 bits per heavy atom. The summed E-state index contributed by atoms with van der Waals surface area (Å²) in [6.45, 7) is 21.7. The lowest BCUT2D eigenvalue weighted by molar-refractivity contribution is 0.0540. The van der Waals surface area contributed by atoms with Crippen LogP contribution in [0.5, 0.6) is 11.5 Å². The van der Waals surface area contributed by atoms with Crippen molar-refractivity contribution >= 4 is 88.1 Å². The molecule has 2 aromatic carbocycles. The molecule has 0 aliphatic heterocycles. The number of anilines is 1. The zero-order valence-electron chi connectivity index (χ0n) is 41.6. The SMILES string of the molecule is COc1ccc2c(c1)c(-c1cc3nc(Br)cnc3n1COCC[Si](C)(C)C)cn2C.COc1ccc2c(c1)c(-c1cc3nc(NNC(=O)OC(C)(C)C)cnc3n1COCC[Si](C)(C)C)cn2C. The number of halogens is 1. The largest absolute Gasteiger partial charge is 0.497 e. The van der Waals surface area contributed by atoms with Crippen LogP contribution in [0.1, 0.15) is 20.8 Å². The van der Waals surface area contributed by atoms with Crippen molar-refractivity contribution in [2.24, 2.45) is 14.1 Å². The minimum atomic E-state index is -1.23. The van der Waals surface area contributed by atoms with Gasteiger partial charge in [-0.3, -0.25) is 14.6 Å². The predicted molar refractivity (Wildman–Crippen MR) is 281 cm³/mol. The fraction of sp³-hybridized carbons (Fsp3) is 0.408. The number of amides is 1. The number of methoxy groups -OCH3 is 2. The molecular weight excluding hydrogens is 961 g/mol. The smallest absolute Gasteiger partial charge is 0.426 e. The maximum absolute atomic E-state index is 12.1. The average molecular weight is 1030 g/mol. The Kier molecular flexibility index (Phi) is 15.1. The summed E-state index contributed by atoms with van der Waals surface area (Å²) in [5, 5.41) is 2.19. The Labute approximate surface area is 408 Å². The van der Waals surface area contributed by atoms with E-state index in [9.17, 15) is 4.79 Å². The summed E-state index contributed by atoms with van der Waals surface area (Å²) in [4.78, 5) is 30.7. The van der Waals surface area contributed by atoms with E-state index in [2.05, 4.69) is 138 Å². The molecule has 0 saturated heterocycles. The highest BCUT2D eigenvalue weighted by molar-refractivity contribution is 9.10. The van der Waals surface area contributed by atoms with Crippen LogP contribution in [0.2, 0.25) is 51.4 Å². The average Bonchev–Trinajstić information content (AvgIpc) is 4.01. The first-order valence-electron chi connectivity index (χ1n) is 22.7. The minimum Gasteiger partial charge on any atom is -0.497 e. The van der Waals surface area contributed by atoms with E-state index >= 15 is 0 Å². The number of aromatic nitrogens is 8. The molecule has 8 aromatic rings. The van der Waals surface area contributed by atoms with Crippen molar-refractivity contribution in [3.63, 3.8) is 0 Å². The highest BCUT2D eigenvalue weighted by Crippen LogP contribution is 2.37. The van der Waals surface area contributed by atoms with Gasteiger partial charge in [0, 0.05) is 88.8 Å². The number of fused-ring (bicyclic) bond motifs is 4. The molecule has 362 valence electrons. The van der Waals surface area contributed by atoms with Gasteiger partial charge in [0.05, 0.1) is 38.0 Å². The first kappa shape index (κ1) is 50.1. The Bertz CT molecular complexity index is 3070. The van der Waals surface area contributed by atoms with Crippen LogP contribution in [0.4, 0.5) is 10.6 Å². The maximum Gasteiger partial charge on any atom is 0.426 e. The Balaban J connectivity index is 0.000000207. The van der Waals surface area contributed by atoms with Crippen molar-refractivity contribution < 1.29 is 28.5 Å². The van der Waals surface area contributed by atoms with Crippen molar-refractivity contribution in [1.29, 1.82) is 0 Å². The molecule has 0 bridgehead atoms. The zero-order valence-corrected chi connectivity index (χ0v) is 45.2. The van der Waals surface area contributed by atoms with E-state index in [-0.39, 0.29) is 0 Å². The van der Waals surface area contributed by atoms with Crippen molar-refractivity contribution in [3.05, 3.63) is 77.9 Å². The van der Waals surface area contributed by atoms with Gasteiger partial charge in [-0.15, -0.1) is 0 Å². The number of nitrogens with one attached hydrogen (secondary N) is 2. The number of carbonyl (C=O) groups excluding carboxylic acids is 1. The summed E-state index contributed by atoms with van der Waals surface area (Å²) >= 11 is 3.44. The van der Waals surface area contributed by atoms with Gasteiger partial charge < -0.3 is 32.8 Å². The molecule has 6 heterocycles. The lowest BCUT2D eigenvalue weighted by atomic mass is 10.1. The summed E-state index contributed by atoms with van der Waals surface area (Å²) in [6.07, 6.45) is 6.95. The first-order chi connectivity index (χ1) is 32.1. The second-order valence-electron chi connectivity index (χ2n) is 20.3. The van der Waals surface area contributed by atoms with E-state index in [0.29, 0.717) is 37.1 Å². The third-order valence-electron chi connectivity index (χ3n) is 11.2. The van der Waals surface area contributed by atoms with Crippen LogP contribution in [0.3, 0.4) is 0 Å². The minimum absolute atomic E-state index is 0.348. The van der Waals surface area contributed by atoms with Crippen molar-refractivity contribution in [2.45, 2.75) is 91.2 Å². The standard InChI is InChI=1S/C27H38N6O4Si.C22H27BrN4O2Si/c1-27(2,3)37-26(34)31-30-24-15-28-25-21(29-24)14-23(33(25)17-36-11-12-38(6,7)8)20-16-32(4)22-10-9-18(35-5)13-19(20)22;1-26-13-17(16-10-15(28-2)6-7-19(16)26)20-11-18-22(24-12-21(23)25-18)27(20)14-29-8-9-30(3,4)5/h9-10,13-16H,11-12,17H2,1-8H3,(H,29,30)(H,31,34);6-7,10-13H,8-9,14H2,1-5H3. The molecule has 6 aromatic heterocycles. The topological polar surface area (TPSA) is 159 Å². The lowest BCUT2D eigenvalue weighted by Crippen LogP contribution is -2.36. The molecule has 1 amide bonds. The van der Waals surface area contributed by atoms with E-state index < -0.39 is 27.8 Å². The Hall–Kier alpha value is -5.74. The van der Waals surface area contributed by atoms with Crippen LogP contribution in [0.25, 0.3) is 66.6 Å². The van der Waals surface area contributed by atoms with Gasteiger partial charge in [-0.2, -0.15) is 0 Å². The number of nitrogens with zero attached hydrogens (tertiary/aromatic N) is 8. The van der Waals surface area contributed by atoms with Crippen molar-refractivity contribution in [3.8, 4) is 34.0 Å². The highest BCUT2D eigenvalue weighted by Gasteiger charge is 2.22. The van der Waals surface area contributed by atoms with Gasteiger partial charge in [0.15, 0.2) is 17.1 Å². The maximum atomic E-state index is 12.1. The van der Waals surface area contributed by atoms with Gasteiger partial charge in [-0.1, -0.05) is 39.3 Å². The predicted octanol–water partition coefficient (Wildman–Crippen LogP) is 11.4. The highest BCUT2D eigenvalue weighted by atomic mass is 79.9. The Morgan fingerprint density at radius 2 is 1.16 bits per heavy atom. The summed E-state index contributed by atoms with van der Waals surface area (Å²) in [7, 11) is 5.07. The second-order valence-corrected chi connectivity index (χ2v) is 32.4. The van der Waals surface area contributed by atoms with E-state index in [1.54, 1.807) is 47.4 Å². The van der Waals surface area contributed by atoms with Crippen LogP contribution in [-0.4, -0.2) is 93.5 Å². The summed E-state index contributed by atoms with van der Waals surface area (Å²) in [5.41, 5.74) is 14.0. The summed E-state index contributed by atoms with van der Waals surface area (Å²) in [5.74, 6) is 2.02. The molecule has 0 aliphatic rings. The van der Waals surface area contributed by atoms with Crippen molar-refractivity contribution in [1.82, 2.24) is 43.6 Å². The number of hydrazine groups is 1. The number of aryl methyl sites for hydroxylation is 2. The summed E-state index contributed by atoms with van der Waals surface area (Å²) in [6, 6.07) is 18.5. The Morgan fingerprint density at radius 1 is 0.691 bits per heavy atom. The molecule has 0 atom stereocenters. The normalized spacial score (nSPS) is 12.2. The molecule has 0 radical (unpaired) electrons. The second kappa shape index (κ2) is 20.5. The van der Waals surface area contributed by atoms with Gasteiger partial charge in [0.25, 0.3) is 0 Å². The van der Waals surface area contributed by atoms with Crippen LogP contribution < -0.4 is 20.3 Å². The number of hydrogen-bond donors (Lipinski definition) is 2. The van der Waals surface area contributed by atoms with Crippen LogP contribution in [0.15, 0.2) is 77.9 Å². The molecule has 0 saturated carbocycles. The molecule has 8 rings (SSSR count). The number of rotatable bonds is 16. The quantitative estimate of drug-likeness (QED) is 0.0539. The van der Waals surface area contributed by atoms with E-state index in [0.717, 1.165) is 90.3 Å². The number of carbonyl (C=O) groups is 1. The molecule has 16 nitrogen and oxygen atoms in total. The van der Waals surface area contributed by atoms with E-state index in [1.807, 2.05) is 35.9 Å². The van der Waals surface area contributed by atoms with Gasteiger partial charge in [-0.05, 0) is 97.3 Å². The molecule has 19 heteroatoms. The number of hydrogen-bond acceptors (Lipinski definition) is 11. The van der Waals surface area contributed by atoms with E-state index in [4.69, 9.17) is 28.7 Å². The monoisotopic (exact) mass is 1020 g/mol. The molecule has 2 N–H and O–H groups in total. The molecule has 68 heavy (non-hydrogen) atoms. The fourth-order valence-electron chi connectivity index (χ4n) is 7.68. The molecule has 0 aliphatic carbocycles. The summed E-state index contributed by atoms with van der Waals surface area (Å²) < 4.78 is 37.6. The molecular formula is C49H65BrN10O6Si2. The number of benzene rings is 2. The molecule has 0 spiro atoms. The van der Waals surface area contributed by atoms with E-state index in [1.165, 1.54) is 0 Å². The van der Waals surface area contributed by atoms with Crippen LogP contribution in [-0.2, 0) is 41.8 Å². The third-order valence-corrected chi connectivity index (χ3v) is 15.0. The van der Waals surface area contributed by atoms with Gasteiger partial charge in [-0.25, -0.2) is 30.2 Å². The number of ether oxygens (including phenoxy) is 5. The first-order valence-corrected chi connectivity index (χ1v) is 30.9. The van der Waals surface area contributed by atoms with Crippen LogP contribution >= 0.6 is 15.9 Å². The van der Waals surface area contributed by atoms with Crippen molar-refractivity contribution in [2.75, 3.05) is 32.9 Å². The van der Waals surface area contributed by atoms with Crippen LogP contribution in [0, 0.1) is 0 Å². The third kappa shape index (κ3) is 12.1. The molecule has 0 fully saturated rings. The fourth-order valence-corrected chi connectivity index (χ4v) is 9.49.